The smallest absolute Gasteiger partial charge is 0.251 e. The van der Waals surface area contributed by atoms with Gasteiger partial charge >= 0.3 is 0 Å². The van der Waals surface area contributed by atoms with Crippen LogP contribution in [0.2, 0.25) is 0 Å². The van der Waals surface area contributed by atoms with E-state index in [0.717, 1.165) is 6.42 Å². The van der Waals surface area contributed by atoms with E-state index in [4.69, 9.17) is 4.74 Å². The summed E-state index contributed by atoms with van der Waals surface area (Å²) in [6, 6.07) is 16.7. The van der Waals surface area contributed by atoms with Crippen LogP contribution >= 0.6 is 0 Å². The van der Waals surface area contributed by atoms with E-state index in [9.17, 15) is 9.59 Å². The van der Waals surface area contributed by atoms with Crippen LogP contribution in [0.15, 0.2) is 54.6 Å². The summed E-state index contributed by atoms with van der Waals surface area (Å²) < 4.78 is 5.37. The first-order chi connectivity index (χ1) is 11.2. The molecule has 0 radical (unpaired) electrons. The first-order valence-electron chi connectivity index (χ1n) is 7.42. The van der Waals surface area contributed by atoms with Crippen LogP contribution in [-0.2, 0) is 16.0 Å². The lowest BCUT2D eigenvalue weighted by atomic mass is 10.2. The molecule has 0 spiro atoms. The highest BCUT2D eigenvalue weighted by atomic mass is 16.5. The fourth-order valence-corrected chi connectivity index (χ4v) is 2.05. The molecule has 5 nitrogen and oxygen atoms in total. The minimum atomic E-state index is -0.217. The van der Waals surface area contributed by atoms with E-state index >= 15 is 0 Å². The Balaban J connectivity index is 1.71. The Morgan fingerprint density at radius 2 is 1.70 bits per heavy atom. The Morgan fingerprint density at radius 3 is 2.35 bits per heavy atom. The molecule has 23 heavy (non-hydrogen) atoms. The molecule has 0 unspecified atom stereocenters. The molecule has 5 heteroatoms. The largest absolute Gasteiger partial charge is 0.371 e. The second-order valence-electron chi connectivity index (χ2n) is 4.99. The molecule has 0 aliphatic heterocycles. The van der Waals surface area contributed by atoms with E-state index in [2.05, 4.69) is 10.6 Å². The number of rotatable bonds is 7. The molecule has 2 N–H and O–H groups in total. The maximum Gasteiger partial charge on any atom is 0.251 e. The van der Waals surface area contributed by atoms with Crippen molar-refractivity contribution in [2.45, 2.75) is 6.42 Å². The van der Waals surface area contributed by atoms with E-state index in [1.165, 1.54) is 5.56 Å². The molecule has 0 fully saturated rings. The molecule has 0 atom stereocenters. The molecule has 2 rings (SSSR count). The third kappa shape index (κ3) is 5.56. The zero-order chi connectivity index (χ0) is 16.5. The van der Waals surface area contributed by atoms with Crippen LogP contribution < -0.4 is 10.6 Å². The Labute approximate surface area is 135 Å². The number of amides is 2. The molecule has 0 heterocycles. The van der Waals surface area contributed by atoms with Crippen molar-refractivity contribution in [3.63, 3.8) is 0 Å². The van der Waals surface area contributed by atoms with Gasteiger partial charge in [-0.2, -0.15) is 0 Å². The van der Waals surface area contributed by atoms with Gasteiger partial charge in [0.05, 0.1) is 6.61 Å². The number of anilines is 1. The van der Waals surface area contributed by atoms with Gasteiger partial charge in [0.15, 0.2) is 0 Å². The maximum absolute atomic E-state index is 11.8. The second kappa shape index (κ2) is 8.70. The third-order valence-electron chi connectivity index (χ3n) is 3.27. The fourth-order valence-electron chi connectivity index (χ4n) is 2.05. The Hall–Kier alpha value is -2.66. The quantitative estimate of drug-likeness (QED) is 0.771. The predicted molar refractivity (Wildman–Crippen MR) is 89.4 cm³/mol. The lowest BCUT2D eigenvalue weighted by molar-refractivity contribution is -0.120. The van der Waals surface area contributed by atoms with Gasteiger partial charge in [0.2, 0.25) is 5.91 Å². The molecule has 0 bridgehead atoms. The minimum Gasteiger partial charge on any atom is -0.371 e. The van der Waals surface area contributed by atoms with E-state index in [-0.39, 0.29) is 18.4 Å². The Morgan fingerprint density at radius 1 is 1.00 bits per heavy atom. The summed E-state index contributed by atoms with van der Waals surface area (Å²) >= 11 is 0. The second-order valence-corrected chi connectivity index (χ2v) is 4.99. The van der Waals surface area contributed by atoms with Crippen molar-refractivity contribution < 1.29 is 14.3 Å². The zero-order valence-electron chi connectivity index (χ0n) is 13.0. The standard InChI is InChI=1S/C18H20N2O3/c1-19-18(22)15-7-9-16(10-8-15)20-17(21)13-23-12-11-14-5-3-2-4-6-14/h2-10H,11-13H2,1H3,(H,19,22)(H,20,21). The molecule has 2 amide bonds. The summed E-state index contributed by atoms with van der Waals surface area (Å²) in [5.41, 5.74) is 2.36. The first kappa shape index (κ1) is 16.7. The van der Waals surface area contributed by atoms with E-state index in [1.54, 1.807) is 31.3 Å². The zero-order valence-corrected chi connectivity index (χ0v) is 13.0. The molecule has 120 valence electrons. The molecule has 2 aromatic carbocycles. The SMILES string of the molecule is CNC(=O)c1ccc(NC(=O)COCCc2ccccc2)cc1. The molecule has 0 saturated carbocycles. The summed E-state index contributed by atoms with van der Waals surface area (Å²) in [5, 5.41) is 5.27. The summed E-state index contributed by atoms with van der Waals surface area (Å²) in [6.07, 6.45) is 0.773. The number of nitrogens with one attached hydrogen (secondary N) is 2. The Kier molecular flexibility index (Phi) is 6.32. The normalized spacial score (nSPS) is 10.1. The summed E-state index contributed by atoms with van der Waals surface area (Å²) in [6.45, 7) is 0.497. The summed E-state index contributed by atoms with van der Waals surface area (Å²) in [5.74, 6) is -0.377. The predicted octanol–water partition coefficient (Wildman–Crippen LogP) is 2.24. The molecular formula is C18H20N2O3. The molecule has 2 aromatic rings. The number of carbonyl (C=O) groups excluding carboxylic acids is 2. The number of ether oxygens (including phenoxy) is 1. The number of hydrogen-bond acceptors (Lipinski definition) is 3. The van der Waals surface area contributed by atoms with Gasteiger partial charge in [0, 0.05) is 18.3 Å². The van der Waals surface area contributed by atoms with Crippen molar-refractivity contribution in [1.29, 1.82) is 0 Å². The highest BCUT2D eigenvalue weighted by Gasteiger charge is 2.05. The summed E-state index contributed by atoms with van der Waals surface area (Å²) in [7, 11) is 1.57. The van der Waals surface area contributed by atoms with Crippen LogP contribution in [-0.4, -0.2) is 32.1 Å². The van der Waals surface area contributed by atoms with Crippen molar-refractivity contribution in [3.05, 3.63) is 65.7 Å². The minimum absolute atomic E-state index is 0.00400. The van der Waals surface area contributed by atoms with Crippen LogP contribution in [0.3, 0.4) is 0 Å². The van der Waals surface area contributed by atoms with Gasteiger partial charge in [-0.25, -0.2) is 0 Å². The number of benzene rings is 2. The highest BCUT2D eigenvalue weighted by Crippen LogP contribution is 2.09. The van der Waals surface area contributed by atoms with E-state index in [0.29, 0.717) is 17.9 Å². The van der Waals surface area contributed by atoms with Crippen LogP contribution in [0.5, 0.6) is 0 Å². The van der Waals surface area contributed by atoms with Crippen molar-refractivity contribution in [2.24, 2.45) is 0 Å². The van der Waals surface area contributed by atoms with Crippen molar-refractivity contribution >= 4 is 17.5 Å². The average Bonchev–Trinajstić information content (AvgIpc) is 2.59. The van der Waals surface area contributed by atoms with Gasteiger partial charge in [-0.05, 0) is 36.2 Å². The van der Waals surface area contributed by atoms with Crippen LogP contribution in [0.25, 0.3) is 0 Å². The van der Waals surface area contributed by atoms with Crippen LogP contribution in [0.1, 0.15) is 15.9 Å². The maximum atomic E-state index is 11.8. The Bertz CT molecular complexity index is 639. The molecule has 0 aromatic heterocycles. The number of carbonyl (C=O) groups is 2. The van der Waals surface area contributed by atoms with Crippen molar-refractivity contribution in [2.75, 3.05) is 25.6 Å². The molecule has 0 aliphatic rings. The molecule has 0 saturated heterocycles. The topological polar surface area (TPSA) is 67.4 Å². The van der Waals surface area contributed by atoms with Gasteiger partial charge in [-0.3, -0.25) is 9.59 Å². The molecule has 0 aliphatic carbocycles. The van der Waals surface area contributed by atoms with Gasteiger partial charge < -0.3 is 15.4 Å². The van der Waals surface area contributed by atoms with Crippen molar-refractivity contribution in [3.8, 4) is 0 Å². The van der Waals surface area contributed by atoms with E-state index < -0.39 is 0 Å². The highest BCUT2D eigenvalue weighted by molar-refractivity contribution is 5.95. The fraction of sp³-hybridized carbons (Fsp3) is 0.222. The van der Waals surface area contributed by atoms with Crippen molar-refractivity contribution in [1.82, 2.24) is 5.32 Å². The van der Waals surface area contributed by atoms with Gasteiger partial charge in [0.1, 0.15) is 6.61 Å². The summed E-state index contributed by atoms with van der Waals surface area (Å²) in [4.78, 5) is 23.2. The number of hydrogen-bond donors (Lipinski definition) is 2. The molecular weight excluding hydrogens is 292 g/mol. The lowest BCUT2D eigenvalue weighted by Crippen LogP contribution is -2.20. The van der Waals surface area contributed by atoms with Crippen LogP contribution in [0.4, 0.5) is 5.69 Å². The third-order valence-corrected chi connectivity index (χ3v) is 3.27. The lowest BCUT2D eigenvalue weighted by Gasteiger charge is -2.07. The monoisotopic (exact) mass is 312 g/mol. The van der Waals surface area contributed by atoms with Gasteiger partial charge in [-0.1, -0.05) is 30.3 Å². The van der Waals surface area contributed by atoms with Gasteiger partial charge in [-0.15, -0.1) is 0 Å². The first-order valence-corrected chi connectivity index (χ1v) is 7.42. The average molecular weight is 312 g/mol. The van der Waals surface area contributed by atoms with Crippen LogP contribution in [0, 0.1) is 0 Å². The van der Waals surface area contributed by atoms with E-state index in [1.807, 2.05) is 30.3 Å². The van der Waals surface area contributed by atoms with Gasteiger partial charge in [0.25, 0.3) is 5.91 Å².